The van der Waals surface area contributed by atoms with Crippen LogP contribution in [0.25, 0.3) is 0 Å². The zero-order valence-electron chi connectivity index (χ0n) is 17.4. The van der Waals surface area contributed by atoms with E-state index in [1.807, 2.05) is 44.2 Å². The van der Waals surface area contributed by atoms with E-state index in [-0.39, 0.29) is 11.6 Å². The Hall–Kier alpha value is -3.41. The van der Waals surface area contributed by atoms with E-state index >= 15 is 0 Å². The summed E-state index contributed by atoms with van der Waals surface area (Å²) in [5, 5.41) is 6.10. The lowest BCUT2D eigenvalue weighted by molar-refractivity contribution is 0.102. The highest BCUT2D eigenvalue weighted by atomic mass is 16.1. The third-order valence-corrected chi connectivity index (χ3v) is 4.78. The fourth-order valence-corrected chi connectivity index (χ4v) is 3.14. The first-order valence-corrected chi connectivity index (χ1v) is 9.82. The fourth-order valence-electron chi connectivity index (χ4n) is 3.14. The maximum atomic E-state index is 12.4. The molecule has 0 saturated carbocycles. The second-order valence-electron chi connectivity index (χ2n) is 6.90. The summed E-state index contributed by atoms with van der Waals surface area (Å²) in [7, 11) is 0. The van der Waals surface area contributed by atoms with E-state index in [2.05, 4.69) is 51.5 Å². The molecule has 0 unspecified atom stereocenters. The minimum absolute atomic E-state index is 0.271. The Morgan fingerprint density at radius 2 is 1.69 bits per heavy atom. The smallest absolute Gasteiger partial charge is 0.275 e. The molecule has 0 aliphatic heterocycles. The first-order valence-electron chi connectivity index (χ1n) is 9.82. The van der Waals surface area contributed by atoms with E-state index in [0.29, 0.717) is 5.82 Å². The normalized spacial score (nSPS) is 10.5. The van der Waals surface area contributed by atoms with Crippen LogP contribution in [0.2, 0.25) is 0 Å². The van der Waals surface area contributed by atoms with Crippen LogP contribution >= 0.6 is 0 Å². The monoisotopic (exact) mass is 389 g/mol. The van der Waals surface area contributed by atoms with Crippen LogP contribution in [0.5, 0.6) is 0 Å². The summed E-state index contributed by atoms with van der Waals surface area (Å²) in [5.74, 6) is 0.309. The predicted molar refractivity (Wildman–Crippen MR) is 119 cm³/mol. The van der Waals surface area contributed by atoms with Gasteiger partial charge in [-0.1, -0.05) is 17.7 Å². The SMILES string of the molecule is CCN(CC)c1ccc(Nc2cnc(C(=O)Nc3ccc(C)cc3C)cn2)cc1. The van der Waals surface area contributed by atoms with Crippen molar-refractivity contribution in [3.8, 4) is 0 Å². The second kappa shape index (κ2) is 9.19. The first-order chi connectivity index (χ1) is 14.0. The molecule has 0 aliphatic rings. The van der Waals surface area contributed by atoms with Crippen molar-refractivity contribution in [2.24, 2.45) is 0 Å². The minimum atomic E-state index is -0.278. The third-order valence-electron chi connectivity index (χ3n) is 4.78. The van der Waals surface area contributed by atoms with Gasteiger partial charge in [-0.25, -0.2) is 9.97 Å². The summed E-state index contributed by atoms with van der Waals surface area (Å²) in [6, 6.07) is 14.1. The Kier molecular flexibility index (Phi) is 6.44. The van der Waals surface area contributed by atoms with Crippen molar-refractivity contribution in [3.63, 3.8) is 0 Å². The van der Waals surface area contributed by atoms with Crippen molar-refractivity contribution in [2.75, 3.05) is 28.6 Å². The zero-order valence-corrected chi connectivity index (χ0v) is 17.4. The highest BCUT2D eigenvalue weighted by Crippen LogP contribution is 2.20. The number of nitrogens with zero attached hydrogens (tertiary/aromatic N) is 3. The topological polar surface area (TPSA) is 70.2 Å². The van der Waals surface area contributed by atoms with Gasteiger partial charge in [0.15, 0.2) is 0 Å². The number of nitrogens with one attached hydrogen (secondary N) is 2. The summed E-state index contributed by atoms with van der Waals surface area (Å²) >= 11 is 0. The summed E-state index contributed by atoms with van der Waals surface area (Å²) in [5.41, 5.74) is 5.32. The quantitative estimate of drug-likeness (QED) is 0.599. The molecule has 1 aromatic heterocycles. The van der Waals surface area contributed by atoms with Gasteiger partial charge in [0.2, 0.25) is 0 Å². The number of hydrogen-bond acceptors (Lipinski definition) is 5. The van der Waals surface area contributed by atoms with Crippen LogP contribution in [0, 0.1) is 13.8 Å². The average molecular weight is 390 g/mol. The summed E-state index contributed by atoms with van der Waals surface area (Å²) in [4.78, 5) is 23.3. The third kappa shape index (κ3) is 5.10. The van der Waals surface area contributed by atoms with Gasteiger partial charge in [-0.05, 0) is 63.6 Å². The molecule has 0 aliphatic carbocycles. The molecule has 29 heavy (non-hydrogen) atoms. The number of anilines is 4. The Morgan fingerprint density at radius 3 is 2.28 bits per heavy atom. The van der Waals surface area contributed by atoms with Gasteiger partial charge in [0.1, 0.15) is 11.5 Å². The van der Waals surface area contributed by atoms with Gasteiger partial charge in [-0.2, -0.15) is 0 Å². The second-order valence-corrected chi connectivity index (χ2v) is 6.90. The van der Waals surface area contributed by atoms with Gasteiger partial charge in [-0.15, -0.1) is 0 Å². The standard InChI is InChI=1S/C23H27N5O/c1-5-28(6-2)19-10-8-18(9-11-19)26-22-15-24-21(14-25-22)23(29)27-20-12-7-16(3)13-17(20)4/h7-15H,5-6H2,1-4H3,(H,25,26)(H,27,29). The maximum Gasteiger partial charge on any atom is 0.275 e. The van der Waals surface area contributed by atoms with E-state index in [0.717, 1.165) is 35.6 Å². The van der Waals surface area contributed by atoms with Gasteiger partial charge in [-0.3, -0.25) is 4.79 Å². The molecule has 0 radical (unpaired) electrons. The van der Waals surface area contributed by atoms with E-state index in [1.54, 1.807) is 6.20 Å². The number of aryl methyl sites for hydroxylation is 2. The first kappa shape index (κ1) is 20.3. The van der Waals surface area contributed by atoms with Crippen molar-refractivity contribution in [1.29, 1.82) is 0 Å². The molecule has 0 saturated heterocycles. The number of rotatable bonds is 7. The molecule has 3 aromatic rings. The van der Waals surface area contributed by atoms with Gasteiger partial charge in [0, 0.05) is 30.2 Å². The largest absolute Gasteiger partial charge is 0.372 e. The van der Waals surface area contributed by atoms with Crippen molar-refractivity contribution < 1.29 is 4.79 Å². The van der Waals surface area contributed by atoms with E-state index < -0.39 is 0 Å². The lowest BCUT2D eigenvalue weighted by Crippen LogP contribution is -2.21. The number of aromatic nitrogens is 2. The molecule has 0 fully saturated rings. The molecule has 0 bridgehead atoms. The molecule has 6 heteroatoms. The lowest BCUT2D eigenvalue weighted by Gasteiger charge is -2.21. The molecular formula is C23H27N5O. The molecular weight excluding hydrogens is 362 g/mol. The van der Waals surface area contributed by atoms with Crippen LogP contribution in [-0.2, 0) is 0 Å². The number of carbonyl (C=O) groups excluding carboxylic acids is 1. The molecule has 0 spiro atoms. The molecule has 1 amide bonds. The zero-order chi connectivity index (χ0) is 20.8. The van der Waals surface area contributed by atoms with Crippen LogP contribution in [0.15, 0.2) is 54.9 Å². The van der Waals surface area contributed by atoms with Crippen LogP contribution in [0.1, 0.15) is 35.5 Å². The highest BCUT2D eigenvalue weighted by molar-refractivity contribution is 6.03. The molecule has 150 valence electrons. The molecule has 3 rings (SSSR count). The van der Waals surface area contributed by atoms with Crippen molar-refractivity contribution in [2.45, 2.75) is 27.7 Å². The molecule has 6 nitrogen and oxygen atoms in total. The van der Waals surface area contributed by atoms with Gasteiger partial charge in [0.25, 0.3) is 5.91 Å². The summed E-state index contributed by atoms with van der Waals surface area (Å²) in [6.45, 7) is 10.2. The fraction of sp³-hybridized carbons (Fsp3) is 0.261. The number of benzene rings is 2. The number of carbonyl (C=O) groups is 1. The minimum Gasteiger partial charge on any atom is -0.372 e. The lowest BCUT2D eigenvalue weighted by atomic mass is 10.1. The van der Waals surface area contributed by atoms with Crippen LogP contribution < -0.4 is 15.5 Å². The van der Waals surface area contributed by atoms with Crippen molar-refractivity contribution in [3.05, 3.63) is 71.7 Å². The molecule has 2 aromatic carbocycles. The van der Waals surface area contributed by atoms with Gasteiger partial charge < -0.3 is 15.5 Å². The summed E-state index contributed by atoms with van der Waals surface area (Å²) < 4.78 is 0. The molecule has 1 heterocycles. The molecule has 0 atom stereocenters. The van der Waals surface area contributed by atoms with Gasteiger partial charge >= 0.3 is 0 Å². The van der Waals surface area contributed by atoms with Crippen LogP contribution in [-0.4, -0.2) is 29.0 Å². The average Bonchev–Trinajstić information content (AvgIpc) is 2.73. The Balaban J connectivity index is 1.64. The predicted octanol–water partition coefficient (Wildman–Crippen LogP) is 4.94. The van der Waals surface area contributed by atoms with Gasteiger partial charge in [0.05, 0.1) is 12.4 Å². The van der Waals surface area contributed by atoms with Crippen molar-refractivity contribution >= 4 is 28.8 Å². The van der Waals surface area contributed by atoms with E-state index in [9.17, 15) is 4.79 Å². The van der Waals surface area contributed by atoms with Crippen LogP contribution in [0.4, 0.5) is 22.9 Å². The van der Waals surface area contributed by atoms with E-state index in [1.165, 1.54) is 11.9 Å². The Bertz CT molecular complexity index is 964. The number of amides is 1. The Morgan fingerprint density at radius 1 is 0.966 bits per heavy atom. The maximum absolute atomic E-state index is 12.4. The molecule has 2 N–H and O–H groups in total. The van der Waals surface area contributed by atoms with Crippen LogP contribution in [0.3, 0.4) is 0 Å². The Labute approximate surface area is 172 Å². The highest BCUT2D eigenvalue weighted by Gasteiger charge is 2.10. The number of hydrogen-bond donors (Lipinski definition) is 2. The van der Waals surface area contributed by atoms with Crippen molar-refractivity contribution in [1.82, 2.24) is 9.97 Å². The summed E-state index contributed by atoms with van der Waals surface area (Å²) in [6.07, 6.45) is 3.04. The van der Waals surface area contributed by atoms with E-state index in [4.69, 9.17) is 0 Å².